The molecule has 1 saturated heterocycles. The first-order valence-electron chi connectivity index (χ1n) is 9.36. The number of ether oxygens (including phenoxy) is 3. The monoisotopic (exact) mass is 372 g/mol. The Kier molecular flexibility index (Phi) is 5.03. The van der Waals surface area contributed by atoms with E-state index >= 15 is 0 Å². The van der Waals surface area contributed by atoms with Gasteiger partial charge in [0.05, 0.1) is 6.61 Å². The molecule has 0 radical (unpaired) electrons. The van der Waals surface area contributed by atoms with E-state index in [0.717, 1.165) is 24.2 Å². The van der Waals surface area contributed by atoms with Gasteiger partial charge in [0.1, 0.15) is 12.3 Å². The van der Waals surface area contributed by atoms with Gasteiger partial charge in [0, 0.05) is 23.7 Å². The van der Waals surface area contributed by atoms with Gasteiger partial charge in [-0.2, -0.15) is 0 Å². The van der Waals surface area contributed by atoms with Crippen LogP contribution in [0.2, 0.25) is 0 Å². The summed E-state index contributed by atoms with van der Waals surface area (Å²) in [5.74, 6) is 2.07. The van der Waals surface area contributed by atoms with E-state index in [1.54, 1.807) is 0 Å². The lowest BCUT2D eigenvalue weighted by atomic mass is 9.97. The molecule has 7 nitrogen and oxygen atoms in total. The molecule has 2 aromatic rings. The van der Waals surface area contributed by atoms with Gasteiger partial charge in [0.2, 0.25) is 12.7 Å². The summed E-state index contributed by atoms with van der Waals surface area (Å²) in [6.45, 7) is 4.72. The molecular formula is C20H24N2O5. The van der Waals surface area contributed by atoms with Crippen LogP contribution < -0.4 is 9.47 Å². The van der Waals surface area contributed by atoms with Crippen LogP contribution in [0.4, 0.5) is 0 Å². The smallest absolute Gasteiger partial charge is 0.249 e. The van der Waals surface area contributed by atoms with Gasteiger partial charge in [0.15, 0.2) is 17.3 Å². The molecular weight excluding hydrogens is 348 g/mol. The third-order valence-corrected chi connectivity index (χ3v) is 5.17. The summed E-state index contributed by atoms with van der Waals surface area (Å²) in [5.41, 5.74) is 1.50. The van der Waals surface area contributed by atoms with Crippen LogP contribution in [0.5, 0.6) is 11.5 Å². The summed E-state index contributed by atoms with van der Waals surface area (Å²) < 4.78 is 21.7. The molecule has 4 rings (SSSR count). The average Bonchev–Trinajstić information content (AvgIpc) is 3.30. The Morgan fingerprint density at radius 2 is 1.96 bits per heavy atom. The predicted molar refractivity (Wildman–Crippen MR) is 97.3 cm³/mol. The van der Waals surface area contributed by atoms with Crippen LogP contribution in [0.1, 0.15) is 38.8 Å². The molecule has 2 aliphatic heterocycles. The van der Waals surface area contributed by atoms with Crippen LogP contribution in [-0.4, -0.2) is 41.4 Å². The summed E-state index contributed by atoms with van der Waals surface area (Å²) in [6.07, 6.45) is 3.28. The minimum absolute atomic E-state index is 0.0363. The number of hydrogen-bond donors (Lipinski definition) is 0. The van der Waals surface area contributed by atoms with Crippen molar-refractivity contribution in [3.05, 3.63) is 30.0 Å². The Morgan fingerprint density at radius 1 is 1.19 bits per heavy atom. The van der Waals surface area contributed by atoms with Crippen molar-refractivity contribution < 1.29 is 23.5 Å². The van der Waals surface area contributed by atoms with E-state index in [9.17, 15) is 4.79 Å². The highest BCUT2D eigenvalue weighted by atomic mass is 16.7. The predicted octanol–water partition coefficient (Wildman–Crippen LogP) is 3.38. The number of carbonyl (C=O) groups is 1. The Morgan fingerprint density at radius 3 is 2.78 bits per heavy atom. The fourth-order valence-electron chi connectivity index (χ4n) is 3.80. The van der Waals surface area contributed by atoms with E-state index in [0.29, 0.717) is 17.2 Å². The third kappa shape index (κ3) is 3.78. The van der Waals surface area contributed by atoms with E-state index in [2.05, 4.69) is 19.0 Å². The minimum Gasteiger partial charge on any atom is -0.454 e. The van der Waals surface area contributed by atoms with Crippen molar-refractivity contribution in [1.82, 2.24) is 10.1 Å². The Bertz CT molecular complexity index is 808. The molecule has 1 fully saturated rings. The summed E-state index contributed by atoms with van der Waals surface area (Å²) in [4.78, 5) is 14.4. The van der Waals surface area contributed by atoms with Crippen LogP contribution in [-0.2, 0) is 16.1 Å². The molecule has 0 aliphatic carbocycles. The maximum atomic E-state index is 12.5. The van der Waals surface area contributed by atoms with Crippen molar-refractivity contribution in [3.63, 3.8) is 0 Å². The Balaban J connectivity index is 1.33. The zero-order valence-corrected chi connectivity index (χ0v) is 15.6. The van der Waals surface area contributed by atoms with Gasteiger partial charge in [-0.25, -0.2) is 0 Å². The lowest BCUT2D eigenvalue weighted by Gasteiger charge is -2.39. The molecule has 144 valence electrons. The lowest BCUT2D eigenvalue weighted by Crippen LogP contribution is -2.48. The largest absolute Gasteiger partial charge is 0.454 e. The van der Waals surface area contributed by atoms with Crippen molar-refractivity contribution in [2.75, 3.05) is 13.4 Å². The standard InChI is InChI=1S/C20H24N2O5/c1-13-4-3-5-14(2)22(13)20(23)11-24-10-16-9-18(27-21-16)15-6-7-17-19(8-15)26-12-25-17/h6-9,13-14H,3-5,10-12H2,1-2H3/t13-,14-/m0/s1. The van der Waals surface area contributed by atoms with Gasteiger partial charge in [-0.15, -0.1) is 0 Å². The molecule has 2 atom stereocenters. The number of hydrogen-bond acceptors (Lipinski definition) is 6. The molecule has 1 amide bonds. The molecule has 0 bridgehead atoms. The van der Waals surface area contributed by atoms with Crippen molar-refractivity contribution in [2.24, 2.45) is 0 Å². The van der Waals surface area contributed by atoms with Crippen LogP contribution in [0.25, 0.3) is 11.3 Å². The first-order chi connectivity index (χ1) is 13.1. The second-order valence-electron chi connectivity index (χ2n) is 7.17. The summed E-state index contributed by atoms with van der Waals surface area (Å²) in [7, 11) is 0. The molecule has 2 aliphatic rings. The molecule has 0 saturated carbocycles. The molecule has 27 heavy (non-hydrogen) atoms. The van der Waals surface area contributed by atoms with Crippen molar-refractivity contribution >= 4 is 5.91 Å². The summed E-state index contributed by atoms with van der Waals surface area (Å²) >= 11 is 0. The highest BCUT2D eigenvalue weighted by Crippen LogP contribution is 2.36. The number of benzene rings is 1. The molecule has 0 spiro atoms. The number of likely N-dealkylation sites (tertiary alicyclic amines) is 1. The van der Waals surface area contributed by atoms with Gasteiger partial charge < -0.3 is 23.6 Å². The molecule has 1 aromatic carbocycles. The lowest BCUT2D eigenvalue weighted by molar-refractivity contribution is -0.142. The van der Waals surface area contributed by atoms with Crippen molar-refractivity contribution in [3.8, 4) is 22.8 Å². The first kappa shape index (κ1) is 17.9. The van der Waals surface area contributed by atoms with Crippen LogP contribution in [0.3, 0.4) is 0 Å². The number of amides is 1. The van der Waals surface area contributed by atoms with Gasteiger partial charge in [-0.1, -0.05) is 5.16 Å². The maximum Gasteiger partial charge on any atom is 0.249 e. The van der Waals surface area contributed by atoms with E-state index < -0.39 is 0 Å². The number of fused-ring (bicyclic) bond motifs is 1. The number of piperidine rings is 1. The van der Waals surface area contributed by atoms with E-state index in [1.807, 2.05) is 29.2 Å². The highest BCUT2D eigenvalue weighted by molar-refractivity contribution is 5.78. The summed E-state index contributed by atoms with van der Waals surface area (Å²) in [5, 5.41) is 4.03. The van der Waals surface area contributed by atoms with Crippen LogP contribution in [0.15, 0.2) is 28.8 Å². The zero-order valence-electron chi connectivity index (χ0n) is 15.6. The molecule has 1 aromatic heterocycles. The van der Waals surface area contributed by atoms with Crippen molar-refractivity contribution in [2.45, 2.75) is 51.8 Å². The minimum atomic E-state index is 0.0363. The van der Waals surface area contributed by atoms with Gasteiger partial charge in [-0.3, -0.25) is 4.79 Å². The van der Waals surface area contributed by atoms with E-state index in [4.69, 9.17) is 18.7 Å². The fraction of sp³-hybridized carbons (Fsp3) is 0.500. The topological polar surface area (TPSA) is 74.0 Å². The Labute approximate surface area is 158 Å². The highest BCUT2D eigenvalue weighted by Gasteiger charge is 2.28. The normalized spacial score (nSPS) is 21.5. The number of aromatic nitrogens is 1. The van der Waals surface area contributed by atoms with Gasteiger partial charge in [0.25, 0.3) is 0 Å². The SMILES string of the molecule is C[C@H]1CCC[C@H](C)N1C(=O)COCc1cc(-c2ccc3c(c2)OCO3)on1. The van der Waals surface area contributed by atoms with Gasteiger partial charge in [-0.05, 0) is 51.3 Å². The van der Waals surface area contributed by atoms with Gasteiger partial charge >= 0.3 is 0 Å². The molecule has 3 heterocycles. The number of rotatable bonds is 5. The molecule has 0 N–H and O–H groups in total. The van der Waals surface area contributed by atoms with E-state index in [1.165, 1.54) is 6.42 Å². The van der Waals surface area contributed by atoms with E-state index in [-0.39, 0.29) is 38.0 Å². The Hall–Kier alpha value is -2.54. The van der Waals surface area contributed by atoms with Crippen LogP contribution >= 0.6 is 0 Å². The quantitative estimate of drug-likeness (QED) is 0.801. The first-order valence-corrected chi connectivity index (χ1v) is 9.36. The summed E-state index contributed by atoms with van der Waals surface area (Å²) in [6, 6.07) is 7.95. The maximum absolute atomic E-state index is 12.5. The molecule has 7 heteroatoms. The number of carbonyl (C=O) groups excluding carboxylic acids is 1. The van der Waals surface area contributed by atoms with Crippen molar-refractivity contribution in [1.29, 1.82) is 0 Å². The second kappa shape index (κ2) is 7.60. The second-order valence-corrected chi connectivity index (χ2v) is 7.17. The number of nitrogens with zero attached hydrogens (tertiary/aromatic N) is 2. The molecule has 0 unspecified atom stereocenters. The average molecular weight is 372 g/mol. The zero-order chi connectivity index (χ0) is 18.8. The van der Waals surface area contributed by atoms with Crippen LogP contribution in [0, 0.1) is 0 Å². The fourth-order valence-corrected chi connectivity index (χ4v) is 3.80. The third-order valence-electron chi connectivity index (χ3n) is 5.17.